The largest absolute Gasteiger partial charge is 0.350 e. The molecule has 0 saturated carbocycles. The number of aryl methyl sites for hydroxylation is 1. The third-order valence-corrected chi connectivity index (χ3v) is 3.72. The lowest BCUT2D eigenvalue weighted by Crippen LogP contribution is -2.18. The summed E-state index contributed by atoms with van der Waals surface area (Å²) in [6, 6.07) is 14.3. The molecular weight excluding hydrogens is 298 g/mol. The number of hydrogen-bond acceptors (Lipinski definition) is 5. The first-order valence-electron chi connectivity index (χ1n) is 8.06. The molecule has 2 heterocycles. The van der Waals surface area contributed by atoms with Gasteiger partial charge in [0, 0.05) is 37.4 Å². The Balaban J connectivity index is 1.78. The van der Waals surface area contributed by atoms with Crippen LogP contribution in [0.4, 0.5) is 17.5 Å². The third kappa shape index (κ3) is 3.87. The average Bonchev–Trinajstić information content (AvgIpc) is 2.62. The predicted octanol–water partition coefficient (Wildman–Crippen LogP) is 3.95. The van der Waals surface area contributed by atoms with Gasteiger partial charge in [-0.05, 0) is 49.2 Å². The van der Waals surface area contributed by atoms with Crippen LogP contribution in [0.3, 0.4) is 0 Å². The maximum absolute atomic E-state index is 4.65. The number of aromatic nitrogens is 3. The second-order valence-electron chi connectivity index (χ2n) is 5.54. The minimum absolute atomic E-state index is 0.613. The van der Waals surface area contributed by atoms with Gasteiger partial charge in [0.2, 0.25) is 5.95 Å². The minimum Gasteiger partial charge on any atom is -0.350 e. The topological polar surface area (TPSA) is 53.9 Å². The first-order valence-corrected chi connectivity index (χ1v) is 8.06. The van der Waals surface area contributed by atoms with Crippen LogP contribution in [0.2, 0.25) is 0 Å². The van der Waals surface area contributed by atoms with Crippen LogP contribution in [0.15, 0.2) is 61.1 Å². The van der Waals surface area contributed by atoms with E-state index < -0.39 is 0 Å². The molecule has 0 unspecified atom stereocenters. The number of rotatable bonds is 6. The van der Waals surface area contributed by atoms with Gasteiger partial charge in [0.15, 0.2) is 0 Å². The van der Waals surface area contributed by atoms with Gasteiger partial charge in [0.25, 0.3) is 0 Å². The van der Waals surface area contributed by atoms with Crippen LogP contribution < -0.4 is 10.2 Å². The number of hydrogen-bond donors (Lipinski definition) is 1. The fourth-order valence-electron chi connectivity index (χ4n) is 2.54. The molecule has 24 heavy (non-hydrogen) atoms. The molecule has 0 amide bonds. The fraction of sp³-hybridized carbons (Fsp3) is 0.211. The van der Waals surface area contributed by atoms with Crippen LogP contribution in [0.5, 0.6) is 0 Å². The molecule has 0 fully saturated rings. The smallest absolute Gasteiger partial charge is 0.224 e. The fourth-order valence-corrected chi connectivity index (χ4v) is 2.54. The van der Waals surface area contributed by atoms with E-state index in [0.29, 0.717) is 12.5 Å². The number of nitrogens with zero attached hydrogens (tertiary/aromatic N) is 4. The molecule has 1 N–H and O–H groups in total. The Bertz CT molecular complexity index is 789. The molecule has 0 atom stereocenters. The van der Waals surface area contributed by atoms with E-state index in [-0.39, 0.29) is 0 Å². The molecule has 0 aliphatic carbocycles. The van der Waals surface area contributed by atoms with E-state index in [1.807, 2.05) is 24.4 Å². The highest BCUT2D eigenvalue weighted by Crippen LogP contribution is 2.24. The summed E-state index contributed by atoms with van der Waals surface area (Å²) >= 11 is 0. The van der Waals surface area contributed by atoms with Crippen LogP contribution in [0.1, 0.15) is 18.1 Å². The third-order valence-electron chi connectivity index (χ3n) is 3.72. The van der Waals surface area contributed by atoms with E-state index in [2.05, 4.69) is 63.3 Å². The summed E-state index contributed by atoms with van der Waals surface area (Å²) in [5, 5.41) is 3.25. The van der Waals surface area contributed by atoms with Gasteiger partial charge >= 0.3 is 0 Å². The quantitative estimate of drug-likeness (QED) is 0.745. The Kier molecular flexibility index (Phi) is 5.01. The summed E-state index contributed by atoms with van der Waals surface area (Å²) in [6.07, 6.45) is 5.38. The Hall–Kier alpha value is -2.95. The molecule has 0 aliphatic heterocycles. The van der Waals surface area contributed by atoms with Crippen LogP contribution in [-0.2, 0) is 6.54 Å². The first-order chi connectivity index (χ1) is 11.8. The molecule has 1 aromatic carbocycles. The summed E-state index contributed by atoms with van der Waals surface area (Å²) in [4.78, 5) is 15.2. The SMILES string of the molecule is CCN(c1cccc(C)c1)c1ccnc(NCc2cccnc2)n1. The molecule has 122 valence electrons. The number of benzene rings is 1. The molecule has 0 aliphatic rings. The van der Waals surface area contributed by atoms with E-state index in [1.165, 1.54) is 5.56 Å². The van der Waals surface area contributed by atoms with E-state index >= 15 is 0 Å². The van der Waals surface area contributed by atoms with E-state index in [9.17, 15) is 0 Å². The molecule has 5 heteroatoms. The Morgan fingerprint density at radius 3 is 2.75 bits per heavy atom. The lowest BCUT2D eigenvalue weighted by molar-refractivity contribution is 0.964. The monoisotopic (exact) mass is 319 g/mol. The van der Waals surface area contributed by atoms with Crippen LogP contribution in [0.25, 0.3) is 0 Å². The van der Waals surface area contributed by atoms with Gasteiger partial charge < -0.3 is 10.2 Å². The van der Waals surface area contributed by atoms with E-state index in [0.717, 1.165) is 23.6 Å². The Morgan fingerprint density at radius 1 is 1.08 bits per heavy atom. The highest BCUT2D eigenvalue weighted by Gasteiger charge is 2.10. The van der Waals surface area contributed by atoms with Crippen LogP contribution >= 0.6 is 0 Å². The molecule has 2 aromatic heterocycles. The van der Waals surface area contributed by atoms with Crippen molar-refractivity contribution in [3.63, 3.8) is 0 Å². The molecule has 3 aromatic rings. The second-order valence-corrected chi connectivity index (χ2v) is 5.54. The number of nitrogens with one attached hydrogen (secondary N) is 1. The predicted molar refractivity (Wildman–Crippen MR) is 97.5 cm³/mol. The van der Waals surface area contributed by atoms with Crippen molar-refractivity contribution in [1.82, 2.24) is 15.0 Å². The maximum Gasteiger partial charge on any atom is 0.224 e. The summed E-state index contributed by atoms with van der Waals surface area (Å²) in [6.45, 7) is 5.70. The van der Waals surface area contributed by atoms with Gasteiger partial charge in [-0.15, -0.1) is 0 Å². The summed E-state index contributed by atoms with van der Waals surface area (Å²) in [5.41, 5.74) is 3.46. The van der Waals surface area contributed by atoms with Crippen molar-refractivity contribution in [3.05, 3.63) is 72.2 Å². The van der Waals surface area contributed by atoms with E-state index in [1.54, 1.807) is 12.4 Å². The molecule has 0 saturated heterocycles. The van der Waals surface area contributed by atoms with Gasteiger partial charge in [-0.25, -0.2) is 4.98 Å². The van der Waals surface area contributed by atoms with Crippen molar-refractivity contribution in [3.8, 4) is 0 Å². The molecule has 0 bridgehead atoms. The van der Waals surface area contributed by atoms with Gasteiger partial charge in [-0.2, -0.15) is 4.98 Å². The van der Waals surface area contributed by atoms with Crippen molar-refractivity contribution in [2.75, 3.05) is 16.8 Å². The molecule has 5 nitrogen and oxygen atoms in total. The van der Waals surface area contributed by atoms with Crippen LogP contribution in [0, 0.1) is 6.92 Å². The lowest BCUT2D eigenvalue weighted by atomic mass is 10.2. The summed E-state index contributed by atoms with van der Waals surface area (Å²) in [7, 11) is 0. The summed E-state index contributed by atoms with van der Waals surface area (Å²) < 4.78 is 0. The minimum atomic E-state index is 0.613. The summed E-state index contributed by atoms with van der Waals surface area (Å²) in [5.74, 6) is 1.49. The standard InChI is InChI=1S/C19H21N5/c1-3-24(17-8-4-6-15(2)12-17)18-9-11-21-19(23-18)22-14-16-7-5-10-20-13-16/h4-13H,3,14H2,1-2H3,(H,21,22,23). The molecule has 3 rings (SSSR count). The van der Waals surface area contributed by atoms with E-state index in [4.69, 9.17) is 0 Å². The van der Waals surface area contributed by atoms with Crippen molar-refractivity contribution >= 4 is 17.5 Å². The normalized spacial score (nSPS) is 10.4. The number of pyridine rings is 1. The Labute approximate surface area is 142 Å². The molecular formula is C19H21N5. The maximum atomic E-state index is 4.65. The second kappa shape index (κ2) is 7.55. The van der Waals surface area contributed by atoms with Crippen molar-refractivity contribution in [1.29, 1.82) is 0 Å². The Morgan fingerprint density at radius 2 is 2.00 bits per heavy atom. The van der Waals surface area contributed by atoms with Crippen molar-refractivity contribution < 1.29 is 0 Å². The van der Waals surface area contributed by atoms with Gasteiger partial charge in [0.05, 0.1) is 0 Å². The lowest BCUT2D eigenvalue weighted by Gasteiger charge is -2.22. The van der Waals surface area contributed by atoms with Gasteiger partial charge in [-0.1, -0.05) is 18.2 Å². The zero-order valence-corrected chi connectivity index (χ0v) is 14.0. The molecule has 0 spiro atoms. The highest BCUT2D eigenvalue weighted by molar-refractivity contribution is 5.61. The zero-order chi connectivity index (χ0) is 16.8. The van der Waals surface area contributed by atoms with Crippen molar-refractivity contribution in [2.24, 2.45) is 0 Å². The van der Waals surface area contributed by atoms with Gasteiger partial charge in [-0.3, -0.25) is 4.98 Å². The average molecular weight is 319 g/mol. The highest BCUT2D eigenvalue weighted by atomic mass is 15.2. The first kappa shape index (κ1) is 15.9. The van der Waals surface area contributed by atoms with Crippen molar-refractivity contribution in [2.45, 2.75) is 20.4 Å². The molecule has 0 radical (unpaired) electrons. The van der Waals surface area contributed by atoms with Gasteiger partial charge in [0.1, 0.15) is 5.82 Å². The van der Waals surface area contributed by atoms with Crippen LogP contribution in [-0.4, -0.2) is 21.5 Å². The zero-order valence-electron chi connectivity index (χ0n) is 14.0. The number of anilines is 3.